The van der Waals surface area contributed by atoms with Crippen LogP contribution in [-0.2, 0) is 13.2 Å². The minimum absolute atomic E-state index is 0.0144. The van der Waals surface area contributed by atoms with Crippen molar-refractivity contribution in [1.82, 2.24) is 9.97 Å². The third-order valence-corrected chi connectivity index (χ3v) is 3.35. The molecule has 5 heteroatoms. The Balaban J connectivity index is 1.87. The fraction of sp³-hybridized carbons (Fsp3) is 0.125. The maximum absolute atomic E-state index is 12.0. The predicted molar refractivity (Wildman–Crippen MR) is 82.1 cm³/mol. The van der Waals surface area contributed by atoms with Gasteiger partial charge in [-0.15, -0.1) is 0 Å². The Morgan fingerprint density at radius 2 is 1.76 bits per heavy atom. The first-order valence-corrected chi connectivity index (χ1v) is 6.68. The average molecular weight is 281 g/mol. The maximum atomic E-state index is 12.0. The summed E-state index contributed by atoms with van der Waals surface area (Å²) in [6, 6.07) is 14.8. The molecule has 106 valence electrons. The minimum Gasteiger partial charge on any atom is -0.392 e. The van der Waals surface area contributed by atoms with Crippen LogP contribution >= 0.6 is 0 Å². The van der Waals surface area contributed by atoms with Crippen LogP contribution in [0, 0.1) is 0 Å². The highest BCUT2D eigenvalue weighted by atomic mass is 16.3. The zero-order chi connectivity index (χ0) is 14.7. The van der Waals surface area contributed by atoms with Gasteiger partial charge in [0.1, 0.15) is 0 Å². The number of rotatable bonds is 4. The van der Waals surface area contributed by atoms with Crippen LogP contribution in [0.2, 0.25) is 0 Å². The first-order valence-electron chi connectivity index (χ1n) is 6.68. The lowest BCUT2D eigenvalue weighted by Gasteiger charge is -2.09. The van der Waals surface area contributed by atoms with E-state index >= 15 is 0 Å². The summed E-state index contributed by atoms with van der Waals surface area (Å²) in [6.45, 7) is 0.470. The van der Waals surface area contributed by atoms with E-state index in [9.17, 15) is 9.90 Å². The minimum atomic E-state index is -0.168. The molecule has 0 spiro atoms. The van der Waals surface area contributed by atoms with E-state index in [4.69, 9.17) is 0 Å². The lowest BCUT2D eigenvalue weighted by Crippen LogP contribution is -2.13. The summed E-state index contributed by atoms with van der Waals surface area (Å²) in [5.41, 5.74) is 2.31. The summed E-state index contributed by atoms with van der Waals surface area (Å²) >= 11 is 0. The summed E-state index contributed by atoms with van der Waals surface area (Å²) in [4.78, 5) is 19.1. The van der Waals surface area contributed by atoms with Crippen LogP contribution < -0.4 is 10.9 Å². The number of hydrogen-bond acceptors (Lipinski definition) is 4. The molecule has 0 saturated carbocycles. The van der Waals surface area contributed by atoms with Crippen molar-refractivity contribution in [3.05, 3.63) is 70.0 Å². The molecule has 21 heavy (non-hydrogen) atoms. The van der Waals surface area contributed by atoms with E-state index in [0.717, 1.165) is 11.1 Å². The second-order valence-electron chi connectivity index (χ2n) is 4.71. The van der Waals surface area contributed by atoms with Gasteiger partial charge >= 0.3 is 0 Å². The highest BCUT2D eigenvalue weighted by Gasteiger charge is 2.04. The largest absolute Gasteiger partial charge is 0.392 e. The number of nitrogens with zero attached hydrogens (tertiary/aromatic N) is 1. The monoisotopic (exact) mass is 281 g/mol. The molecule has 0 bridgehead atoms. The summed E-state index contributed by atoms with van der Waals surface area (Å²) in [7, 11) is 0. The molecule has 0 aliphatic carbocycles. The van der Waals surface area contributed by atoms with Crippen molar-refractivity contribution in [3.63, 3.8) is 0 Å². The van der Waals surface area contributed by atoms with Crippen molar-refractivity contribution in [1.29, 1.82) is 0 Å². The van der Waals surface area contributed by atoms with E-state index < -0.39 is 0 Å². The summed E-state index contributed by atoms with van der Waals surface area (Å²) in [5, 5.41) is 13.0. The maximum Gasteiger partial charge on any atom is 0.260 e. The number of anilines is 1. The van der Waals surface area contributed by atoms with Crippen LogP contribution in [0.15, 0.2) is 53.3 Å². The number of nitrogens with one attached hydrogen (secondary N) is 2. The van der Waals surface area contributed by atoms with Gasteiger partial charge in [0, 0.05) is 6.54 Å². The van der Waals surface area contributed by atoms with E-state index in [1.807, 2.05) is 36.4 Å². The predicted octanol–water partition coefficient (Wildman–Crippen LogP) is 2.03. The number of para-hydroxylation sites is 1. The second kappa shape index (κ2) is 5.76. The first kappa shape index (κ1) is 13.3. The Labute approximate surface area is 121 Å². The third-order valence-electron chi connectivity index (χ3n) is 3.35. The van der Waals surface area contributed by atoms with E-state index in [2.05, 4.69) is 15.3 Å². The van der Waals surface area contributed by atoms with E-state index in [0.29, 0.717) is 23.4 Å². The second-order valence-corrected chi connectivity index (χ2v) is 4.71. The first-order chi connectivity index (χ1) is 10.3. The Bertz CT molecular complexity index is 827. The molecule has 1 aromatic heterocycles. The molecule has 0 unspecified atom stereocenters. The number of H-pyrrole nitrogens is 1. The van der Waals surface area contributed by atoms with Crippen LogP contribution in [0.1, 0.15) is 11.1 Å². The molecule has 0 amide bonds. The van der Waals surface area contributed by atoms with Crippen molar-refractivity contribution < 1.29 is 5.11 Å². The molecule has 0 radical (unpaired) electrons. The van der Waals surface area contributed by atoms with Gasteiger partial charge in [0.15, 0.2) is 0 Å². The molecule has 0 saturated heterocycles. The Morgan fingerprint density at radius 1 is 1.05 bits per heavy atom. The van der Waals surface area contributed by atoms with Crippen LogP contribution in [0.25, 0.3) is 10.9 Å². The van der Waals surface area contributed by atoms with E-state index in [1.165, 1.54) is 0 Å². The number of hydrogen-bond donors (Lipinski definition) is 3. The van der Waals surface area contributed by atoms with Crippen LogP contribution in [0.3, 0.4) is 0 Å². The SMILES string of the molecule is O=c1[nH]c(NCc2ccccc2CO)nc2ccccc12. The number of aliphatic hydroxyl groups excluding tert-OH is 1. The van der Waals surface area contributed by atoms with Crippen molar-refractivity contribution in [2.45, 2.75) is 13.2 Å². The lowest BCUT2D eigenvalue weighted by atomic mass is 10.1. The highest BCUT2D eigenvalue weighted by Crippen LogP contribution is 2.12. The number of aliphatic hydroxyl groups is 1. The van der Waals surface area contributed by atoms with Crippen molar-refractivity contribution in [2.75, 3.05) is 5.32 Å². The molecule has 2 aromatic carbocycles. The molecule has 3 rings (SSSR count). The third kappa shape index (κ3) is 2.78. The van der Waals surface area contributed by atoms with Gasteiger partial charge < -0.3 is 10.4 Å². The number of benzene rings is 2. The van der Waals surface area contributed by atoms with Gasteiger partial charge in [-0.1, -0.05) is 36.4 Å². The van der Waals surface area contributed by atoms with Gasteiger partial charge in [-0.3, -0.25) is 9.78 Å². The zero-order valence-corrected chi connectivity index (χ0v) is 11.3. The lowest BCUT2D eigenvalue weighted by molar-refractivity contribution is 0.280. The Kier molecular flexibility index (Phi) is 3.66. The summed E-state index contributed by atoms with van der Waals surface area (Å²) in [5.74, 6) is 0.423. The van der Waals surface area contributed by atoms with Gasteiger partial charge in [0.2, 0.25) is 5.95 Å². The van der Waals surface area contributed by atoms with Crippen molar-refractivity contribution >= 4 is 16.9 Å². The average Bonchev–Trinajstić information content (AvgIpc) is 2.53. The normalized spacial score (nSPS) is 10.7. The molecule has 0 aliphatic heterocycles. The molecule has 0 fully saturated rings. The number of aromatic nitrogens is 2. The van der Waals surface area contributed by atoms with Crippen molar-refractivity contribution in [3.8, 4) is 0 Å². The zero-order valence-electron chi connectivity index (χ0n) is 11.3. The van der Waals surface area contributed by atoms with Gasteiger partial charge in [-0.2, -0.15) is 0 Å². The number of aromatic amines is 1. The van der Waals surface area contributed by atoms with Gasteiger partial charge in [-0.25, -0.2) is 4.98 Å². The molecule has 3 aromatic rings. The van der Waals surface area contributed by atoms with Crippen LogP contribution in [-0.4, -0.2) is 15.1 Å². The van der Waals surface area contributed by atoms with Crippen LogP contribution in [0.4, 0.5) is 5.95 Å². The molecule has 0 atom stereocenters. The highest BCUT2D eigenvalue weighted by molar-refractivity contribution is 5.78. The summed E-state index contributed by atoms with van der Waals surface area (Å²) < 4.78 is 0. The van der Waals surface area contributed by atoms with Gasteiger partial charge in [0.25, 0.3) is 5.56 Å². The van der Waals surface area contributed by atoms with Gasteiger partial charge in [0.05, 0.1) is 17.5 Å². The van der Waals surface area contributed by atoms with Crippen LogP contribution in [0.5, 0.6) is 0 Å². The molecule has 0 aliphatic rings. The van der Waals surface area contributed by atoms with E-state index in [-0.39, 0.29) is 12.2 Å². The fourth-order valence-electron chi connectivity index (χ4n) is 2.23. The topological polar surface area (TPSA) is 78.0 Å². The standard InChI is InChI=1S/C16H15N3O2/c20-10-12-6-2-1-5-11(12)9-17-16-18-14-8-4-3-7-13(14)15(21)19-16/h1-8,20H,9-10H2,(H2,17,18,19,21). The van der Waals surface area contributed by atoms with Gasteiger partial charge in [-0.05, 0) is 23.3 Å². The Morgan fingerprint density at radius 3 is 2.57 bits per heavy atom. The fourth-order valence-corrected chi connectivity index (χ4v) is 2.23. The quantitative estimate of drug-likeness (QED) is 0.683. The molecular weight excluding hydrogens is 266 g/mol. The molecule has 5 nitrogen and oxygen atoms in total. The summed E-state index contributed by atoms with van der Waals surface area (Å²) in [6.07, 6.45) is 0. The van der Waals surface area contributed by atoms with E-state index in [1.54, 1.807) is 12.1 Å². The molecular formula is C16H15N3O2. The number of fused-ring (bicyclic) bond motifs is 1. The molecule has 1 heterocycles. The van der Waals surface area contributed by atoms with Crippen molar-refractivity contribution in [2.24, 2.45) is 0 Å². The molecule has 3 N–H and O–H groups in total. The Hall–Kier alpha value is -2.66. The smallest absolute Gasteiger partial charge is 0.260 e.